The Hall–Kier alpha value is -1.56. The molecular formula is C12H14BrNO4. The first kappa shape index (κ1) is 14.5. The molecule has 0 spiro atoms. The van der Waals surface area contributed by atoms with Crippen LogP contribution in [0.3, 0.4) is 0 Å². The fourth-order valence-electron chi connectivity index (χ4n) is 1.29. The maximum Gasteiger partial charge on any atom is 0.326 e. The molecule has 0 radical (unpaired) electrons. The Kier molecular flexibility index (Phi) is 5.15. The van der Waals surface area contributed by atoms with Gasteiger partial charge in [-0.05, 0) is 40.1 Å². The summed E-state index contributed by atoms with van der Waals surface area (Å²) in [6.45, 7) is 3.46. The van der Waals surface area contributed by atoms with Crippen molar-refractivity contribution in [3.8, 4) is 0 Å². The lowest BCUT2D eigenvalue weighted by molar-refractivity contribution is -0.142. The van der Waals surface area contributed by atoms with Crippen LogP contribution in [0, 0.1) is 5.92 Å². The summed E-state index contributed by atoms with van der Waals surface area (Å²) in [6, 6.07) is 2.49. The van der Waals surface area contributed by atoms with Crippen LogP contribution in [-0.2, 0) is 9.59 Å². The summed E-state index contributed by atoms with van der Waals surface area (Å²) in [6.07, 6.45) is 2.71. The molecule has 1 heterocycles. The van der Waals surface area contributed by atoms with Crippen LogP contribution < -0.4 is 5.32 Å². The molecule has 0 saturated carbocycles. The minimum absolute atomic E-state index is 0.183. The predicted octanol–water partition coefficient (Wildman–Crippen LogP) is 2.28. The second-order valence-corrected chi connectivity index (χ2v) is 4.83. The number of nitrogens with one attached hydrogen (secondary N) is 1. The van der Waals surface area contributed by atoms with Gasteiger partial charge in [0.2, 0.25) is 5.91 Å². The van der Waals surface area contributed by atoms with E-state index in [1.165, 1.54) is 12.2 Å². The van der Waals surface area contributed by atoms with Crippen LogP contribution in [0.25, 0.3) is 6.08 Å². The Bertz CT molecular complexity index is 464. The molecule has 2 N–H and O–H groups in total. The molecule has 0 fully saturated rings. The molecule has 1 rings (SSSR count). The summed E-state index contributed by atoms with van der Waals surface area (Å²) < 4.78 is 5.73. The molecule has 98 valence electrons. The van der Waals surface area contributed by atoms with E-state index in [0.717, 1.165) is 0 Å². The average Bonchev–Trinajstić information content (AvgIpc) is 2.68. The lowest BCUT2D eigenvalue weighted by Crippen LogP contribution is -2.43. The van der Waals surface area contributed by atoms with E-state index in [1.807, 2.05) is 0 Å². The molecule has 1 amide bonds. The lowest BCUT2D eigenvalue weighted by atomic mass is 10.0. The first-order chi connectivity index (χ1) is 8.40. The van der Waals surface area contributed by atoms with Crippen molar-refractivity contribution in [1.82, 2.24) is 5.32 Å². The number of carboxylic acid groups (broad SMARTS) is 1. The van der Waals surface area contributed by atoms with E-state index in [-0.39, 0.29) is 5.92 Å². The Morgan fingerprint density at radius 1 is 1.44 bits per heavy atom. The van der Waals surface area contributed by atoms with Gasteiger partial charge in [0.1, 0.15) is 11.8 Å². The monoisotopic (exact) mass is 315 g/mol. The second kappa shape index (κ2) is 6.39. The van der Waals surface area contributed by atoms with E-state index < -0.39 is 17.9 Å². The molecule has 1 aromatic heterocycles. The number of halogens is 1. The number of carbonyl (C=O) groups is 2. The van der Waals surface area contributed by atoms with Gasteiger partial charge in [-0.15, -0.1) is 0 Å². The van der Waals surface area contributed by atoms with Crippen molar-refractivity contribution in [2.24, 2.45) is 5.92 Å². The molecule has 5 nitrogen and oxygen atoms in total. The zero-order chi connectivity index (χ0) is 13.7. The Balaban J connectivity index is 2.60. The van der Waals surface area contributed by atoms with E-state index in [4.69, 9.17) is 9.52 Å². The first-order valence-electron chi connectivity index (χ1n) is 5.37. The van der Waals surface area contributed by atoms with Gasteiger partial charge < -0.3 is 14.8 Å². The summed E-state index contributed by atoms with van der Waals surface area (Å²) in [5.74, 6) is -1.19. The van der Waals surface area contributed by atoms with Crippen LogP contribution in [0.2, 0.25) is 0 Å². The minimum Gasteiger partial charge on any atom is -0.480 e. The van der Waals surface area contributed by atoms with Crippen molar-refractivity contribution >= 4 is 33.9 Å². The zero-order valence-corrected chi connectivity index (χ0v) is 11.6. The normalized spacial score (nSPS) is 12.9. The molecule has 1 aromatic rings. The fourth-order valence-corrected chi connectivity index (χ4v) is 1.61. The van der Waals surface area contributed by atoms with Crippen molar-refractivity contribution in [3.63, 3.8) is 0 Å². The van der Waals surface area contributed by atoms with E-state index in [9.17, 15) is 9.59 Å². The van der Waals surface area contributed by atoms with Gasteiger partial charge in [0.25, 0.3) is 0 Å². The largest absolute Gasteiger partial charge is 0.480 e. The quantitative estimate of drug-likeness (QED) is 0.817. The van der Waals surface area contributed by atoms with Crippen LogP contribution in [0.15, 0.2) is 27.3 Å². The van der Waals surface area contributed by atoms with E-state index in [2.05, 4.69) is 21.2 Å². The maximum absolute atomic E-state index is 11.5. The number of carbonyl (C=O) groups excluding carboxylic acids is 1. The molecule has 0 saturated heterocycles. The third-order valence-electron chi connectivity index (χ3n) is 2.22. The zero-order valence-electron chi connectivity index (χ0n) is 10.0. The van der Waals surface area contributed by atoms with Crippen LogP contribution in [0.1, 0.15) is 19.6 Å². The summed E-state index contributed by atoms with van der Waals surface area (Å²) in [4.78, 5) is 22.4. The molecule has 0 unspecified atom stereocenters. The van der Waals surface area contributed by atoms with E-state index in [0.29, 0.717) is 10.4 Å². The van der Waals surface area contributed by atoms with E-state index in [1.54, 1.807) is 26.0 Å². The molecule has 0 bridgehead atoms. The maximum atomic E-state index is 11.5. The van der Waals surface area contributed by atoms with Gasteiger partial charge in [-0.1, -0.05) is 13.8 Å². The number of carboxylic acids is 1. The molecule has 0 aliphatic rings. The van der Waals surface area contributed by atoms with Gasteiger partial charge in [-0.2, -0.15) is 0 Å². The van der Waals surface area contributed by atoms with Crippen LogP contribution in [-0.4, -0.2) is 23.0 Å². The van der Waals surface area contributed by atoms with Crippen LogP contribution in [0.5, 0.6) is 0 Å². The third-order valence-corrected chi connectivity index (χ3v) is 2.65. The van der Waals surface area contributed by atoms with Gasteiger partial charge in [0, 0.05) is 6.08 Å². The standard InChI is InChI=1S/C12H14BrNO4/c1-7(2)11(12(16)17)14-10(15)6-4-8-3-5-9(13)18-8/h3-7,11H,1-2H3,(H,14,15)(H,16,17)/t11-/m1/s1. The van der Waals surface area contributed by atoms with Crippen LogP contribution in [0.4, 0.5) is 0 Å². The number of rotatable bonds is 5. The van der Waals surface area contributed by atoms with Gasteiger partial charge in [-0.25, -0.2) is 4.79 Å². The van der Waals surface area contributed by atoms with Crippen molar-refractivity contribution in [2.45, 2.75) is 19.9 Å². The SMILES string of the molecule is CC(C)[C@@H](NC(=O)C=Cc1ccc(Br)o1)C(=O)O. The molecule has 0 aliphatic heterocycles. The molecule has 6 heteroatoms. The second-order valence-electron chi connectivity index (χ2n) is 4.04. The highest BCUT2D eigenvalue weighted by molar-refractivity contribution is 9.10. The van der Waals surface area contributed by atoms with Gasteiger partial charge in [-0.3, -0.25) is 4.79 Å². The number of aliphatic carboxylic acids is 1. The topological polar surface area (TPSA) is 79.5 Å². The van der Waals surface area contributed by atoms with Crippen LogP contribution >= 0.6 is 15.9 Å². The fraction of sp³-hybridized carbons (Fsp3) is 0.333. The number of hydrogen-bond acceptors (Lipinski definition) is 3. The molecular weight excluding hydrogens is 302 g/mol. The Labute approximate surface area is 113 Å². The summed E-state index contributed by atoms with van der Waals surface area (Å²) >= 11 is 3.14. The first-order valence-corrected chi connectivity index (χ1v) is 6.16. The molecule has 0 aliphatic carbocycles. The smallest absolute Gasteiger partial charge is 0.326 e. The Morgan fingerprint density at radius 3 is 2.56 bits per heavy atom. The van der Waals surface area contributed by atoms with Gasteiger partial charge in [0.05, 0.1) is 0 Å². The number of furan rings is 1. The van der Waals surface area contributed by atoms with E-state index >= 15 is 0 Å². The summed E-state index contributed by atoms with van der Waals surface area (Å²) in [5, 5.41) is 11.3. The molecule has 18 heavy (non-hydrogen) atoms. The lowest BCUT2D eigenvalue weighted by Gasteiger charge is -2.16. The Morgan fingerprint density at radius 2 is 2.11 bits per heavy atom. The van der Waals surface area contributed by atoms with Gasteiger partial charge in [0.15, 0.2) is 4.67 Å². The van der Waals surface area contributed by atoms with Crippen molar-refractivity contribution in [1.29, 1.82) is 0 Å². The summed E-state index contributed by atoms with van der Waals surface area (Å²) in [7, 11) is 0. The van der Waals surface area contributed by atoms with Gasteiger partial charge >= 0.3 is 5.97 Å². The predicted molar refractivity (Wildman–Crippen MR) is 69.8 cm³/mol. The third kappa shape index (κ3) is 4.37. The minimum atomic E-state index is -1.05. The van der Waals surface area contributed by atoms with Crippen molar-refractivity contribution in [2.75, 3.05) is 0 Å². The number of amides is 1. The highest BCUT2D eigenvalue weighted by Crippen LogP contribution is 2.14. The average molecular weight is 316 g/mol. The molecule has 0 aromatic carbocycles. The van der Waals surface area contributed by atoms with Crippen molar-refractivity contribution < 1.29 is 19.1 Å². The van der Waals surface area contributed by atoms with Crippen molar-refractivity contribution in [3.05, 3.63) is 28.6 Å². The highest BCUT2D eigenvalue weighted by atomic mass is 79.9. The number of hydrogen-bond donors (Lipinski definition) is 2. The molecule has 1 atom stereocenters. The summed E-state index contributed by atoms with van der Waals surface area (Å²) in [5.41, 5.74) is 0. The highest BCUT2D eigenvalue weighted by Gasteiger charge is 2.22.